The highest BCUT2D eigenvalue weighted by Gasteiger charge is 2.46. The number of ether oxygens (including phenoxy) is 1. The number of methoxy groups -OCH3 is 1. The Morgan fingerprint density at radius 1 is 1.06 bits per heavy atom. The first-order valence-electron chi connectivity index (χ1n) is 10.7. The number of ketones is 1. The second kappa shape index (κ2) is 9.35. The van der Waals surface area contributed by atoms with Gasteiger partial charge in [-0.2, -0.15) is 0 Å². The third kappa shape index (κ3) is 4.19. The van der Waals surface area contributed by atoms with Crippen molar-refractivity contribution in [2.24, 2.45) is 0 Å². The molecular formula is C27H24BrNO5. The first-order valence-corrected chi connectivity index (χ1v) is 11.5. The van der Waals surface area contributed by atoms with Crippen molar-refractivity contribution in [2.45, 2.75) is 26.4 Å². The van der Waals surface area contributed by atoms with Crippen LogP contribution < -0.4 is 4.74 Å². The number of halogens is 1. The van der Waals surface area contributed by atoms with Crippen LogP contribution >= 0.6 is 15.9 Å². The van der Waals surface area contributed by atoms with Crippen molar-refractivity contribution in [3.63, 3.8) is 0 Å². The number of hydrogen-bond acceptors (Lipinski definition) is 5. The standard InChI is InChI=1S/C27H24BrNO5/c1-15-9-10-16(2)19(11-15)24(30)22-23(18-12-20(28)25(31)21(13-18)34-3)29(27(33)26(22)32)14-17-7-5-4-6-8-17/h4-13,23,30-31H,14H2,1-3H3/t23-/m1/s1. The molecule has 0 saturated carbocycles. The number of aliphatic hydroxyl groups excluding tert-OH is 1. The molecule has 6 nitrogen and oxygen atoms in total. The monoisotopic (exact) mass is 521 g/mol. The number of likely N-dealkylation sites (tertiary alicyclic amines) is 1. The molecule has 2 N–H and O–H groups in total. The van der Waals surface area contributed by atoms with Gasteiger partial charge in [0, 0.05) is 12.1 Å². The number of rotatable bonds is 5. The zero-order chi connectivity index (χ0) is 24.6. The number of phenols is 1. The third-order valence-corrected chi connectivity index (χ3v) is 6.57. The molecule has 0 spiro atoms. The zero-order valence-corrected chi connectivity index (χ0v) is 20.6. The van der Waals surface area contributed by atoms with Crippen molar-refractivity contribution < 1.29 is 24.5 Å². The topological polar surface area (TPSA) is 87.1 Å². The van der Waals surface area contributed by atoms with Gasteiger partial charge in [-0.15, -0.1) is 0 Å². The van der Waals surface area contributed by atoms with E-state index in [2.05, 4.69) is 15.9 Å². The Morgan fingerprint density at radius 3 is 2.44 bits per heavy atom. The van der Waals surface area contributed by atoms with Crippen LogP contribution in [-0.2, 0) is 16.1 Å². The van der Waals surface area contributed by atoms with E-state index >= 15 is 0 Å². The number of aliphatic hydroxyl groups is 1. The molecule has 1 aliphatic heterocycles. The summed E-state index contributed by atoms with van der Waals surface area (Å²) in [5.74, 6) is -1.61. The number of hydrogen-bond donors (Lipinski definition) is 2. The molecule has 3 aromatic rings. The Hall–Kier alpha value is -3.58. The van der Waals surface area contributed by atoms with Gasteiger partial charge in [0.05, 0.1) is 23.2 Å². The maximum absolute atomic E-state index is 13.3. The minimum Gasteiger partial charge on any atom is -0.507 e. The molecule has 0 bridgehead atoms. The number of benzene rings is 3. The van der Waals surface area contributed by atoms with Crippen molar-refractivity contribution in [2.75, 3.05) is 7.11 Å². The number of aromatic hydroxyl groups is 1. The van der Waals surface area contributed by atoms with E-state index < -0.39 is 17.7 Å². The molecule has 1 aliphatic rings. The van der Waals surface area contributed by atoms with E-state index in [1.165, 1.54) is 12.0 Å². The molecule has 3 aromatic carbocycles. The molecule has 0 radical (unpaired) electrons. The molecule has 7 heteroatoms. The van der Waals surface area contributed by atoms with E-state index in [0.717, 1.165) is 16.7 Å². The van der Waals surface area contributed by atoms with E-state index in [1.54, 1.807) is 18.2 Å². The molecule has 0 aliphatic carbocycles. The largest absolute Gasteiger partial charge is 0.507 e. The molecule has 1 fully saturated rings. The van der Waals surface area contributed by atoms with Crippen molar-refractivity contribution in [3.8, 4) is 11.5 Å². The normalized spacial score (nSPS) is 17.3. The SMILES string of the molecule is COc1cc([C@@H]2C(=C(O)c3cc(C)ccc3C)C(=O)C(=O)N2Cc2ccccc2)cc(Br)c1O. The fraction of sp³-hybridized carbons (Fsp3) is 0.185. The molecule has 1 saturated heterocycles. The summed E-state index contributed by atoms with van der Waals surface area (Å²) >= 11 is 3.33. The van der Waals surface area contributed by atoms with Crippen LogP contribution in [0.5, 0.6) is 11.5 Å². The fourth-order valence-corrected chi connectivity index (χ4v) is 4.67. The first-order chi connectivity index (χ1) is 16.2. The summed E-state index contributed by atoms with van der Waals surface area (Å²) in [7, 11) is 1.42. The van der Waals surface area contributed by atoms with Crippen LogP contribution in [0.4, 0.5) is 0 Å². The Labute approximate surface area is 206 Å². The molecule has 1 heterocycles. The molecule has 34 heavy (non-hydrogen) atoms. The molecule has 0 unspecified atom stereocenters. The summed E-state index contributed by atoms with van der Waals surface area (Å²) in [5, 5.41) is 21.7. The third-order valence-electron chi connectivity index (χ3n) is 5.97. The minimum atomic E-state index is -0.883. The van der Waals surface area contributed by atoms with E-state index in [0.29, 0.717) is 15.6 Å². The van der Waals surface area contributed by atoms with Crippen molar-refractivity contribution >= 4 is 33.4 Å². The first kappa shape index (κ1) is 23.6. The summed E-state index contributed by atoms with van der Waals surface area (Å²) in [6.07, 6.45) is 0. The number of nitrogens with zero attached hydrogens (tertiary/aromatic N) is 1. The average Bonchev–Trinajstić information content (AvgIpc) is 3.07. The van der Waals surface area contributed by atoms with Gasteiger partial charge in [0.1, 0.15) is 5.76 Å². The van der Waals surface area contributed by atoms with Crippen LogP contribution in [0, 0.1) is 13.8 Å². The van der Waals surface area contributed by atoms with Crippen LogP contribution in [0.1, 0.15) is 33.9 Å². The van der Waals surface area contributed by atoms with Gasteiger partial charge in [0.25, 0.3) is 11.7 Å². The Kier molecular flexibility index (Phi) is 6.48. The van der Waals surface area contributed by atoms with E-state index in [4.69, 9.17) is 4.74 Å². The summed E-state index contributed by atoms with van der Waals surface area (Å²) in [5.41, 5.74) is 3.54. The van der Waals surface area contributed by atoms with Gasteiger partial charge in [-0.1, -0.05) is 48.0 Å². The molecule has 4 rings (SSSR count). The Balaban J connectivity index is 1.96. The second-order valence-corrected chi connectivity index (χ2v) is 9.14. The second-order valence-electron chi connectivity index (χ2n) is 8.28. The summed E-state index contributed by atoms with van der Waals surface area (Å²) in [6, 6.07) is 17.2. The van der Waals surface area contributed by atoms with Crippen molar-refractivity contribution in [1.29, 1.82) is 0 Å². The molecular weight excluding hydrogens is 498 g/mol. The lowest BCUT2D eigenvalue weighted by atomic mass is 9.93. The van der Waals surface area contributed by atoms with E-state index in [9.17, 15) is 19.8 Å². The highest BCUT2D eigenvalue weighted by Crippen LogP contribution is 2.45. The van der Waals surface area contributed by atoms with Crippen LogP contribution in [0.25, 0.3) is 5.76 Å². The number of aryl methyl sites for hydroxylation is 2. The Morgan fingerprint density at radius 2 is 1.76 bits per heavy atom. The number of phenolic OH excluding ortho intramolecular Hbond substituents is 1. The summed E-state index contributed by atoms with van der Waals surface area (Å²) < 4.78 is 5.65. The lowest BCUT2D eigenvalue weighted by Gasteiger charge is -2.26. The fourth-order valence-electron chi connectivity index (χ4n) is 4.21. The lowest BCUT2D eigenvalue weighted by molar-refractivity contribution is -0.140. The Bertz CT molecular complexity index is 1320. The molecule has 1 amide bonds. The number of amides is 1. The highest BCUT2D eigenvalue weighted by molar-refractivity contribution is 9.10. The summed E-state index contributed by atoms with van der Waals surface area (Å²) in [4.78, 5) is 28.0. The van der Waals surface area contributed by atoms with Gasteiger partial charge < -0.3 is 19.8 Å². The van der Waals surface area contributed by atoms with E-state index in [1.807, 2.05) is 56.3 Å². The molecule has 1 atom stereocenters. The van der Waals surface area contributed by atoms with Gasteiger partial charge >= 0.3 is 0 Å². The minimum absolute atomic E-state index is 0.00530. The maximum Gasteiger partial charge on any atom is 0.295 e. The highest BCUT2D eigenvalue weighted by atomic mass is 79.9. The van der Waals surface area contributed by atoms with Crippen LogP contribution in [0.3, 0.4) is 0 Å². The number of Topliss-reactive ketones (excluding diaryl/α,β-unsaturated/α-hetero) is 1. The smallest absolute Gasteiger partial charge is 0.295 e. The predicted octanol–water partition coefficient (Wildman–Crippen LogP) is 5.40. The van der Waals surface area contributed by atoms with Gasteiger partial charge in [0.2, 0.25) is 0 Å². The quantitative estimate of drug-likeness (QED) is 0.266. The van der Waals surface area contributed by atoms with Crippen LogP contribution in [0.2, 0.25) is 0 Å². The summed E-state index contributed by atoms with van der Waals surface area (Å²) in [6.45, 7) is 3.90. The molecule has 0 aromatic heterocycles. The zero-order valence-electron chi connectivity index (χ0n) is 19.0. The number of carbonyl (C=O) groups is 2. The number of carbonyl (C=O) groups excluding carboxylic acids is 2. The molecule has 174 valence electrons. The van der Waals surface area contributed by atoms with Crippen LogP contribution in [0.15, 0.2) is 70.7 Å². The van der Waals surface area contributed by atoms with Gasteiger partial charge in [-0.3, -0.25) is 9.59 Å². The lowest BCUT2D eigenvalue weighted by Crippen LogP contribution is -2.29. The average molecular weight is 522 g/mol. The van der Waals surface area contributed by atoms with Crippen LogP contribution in [-0.4, -0.2) is 33.9 Å². The van der Waals surface area contributed by atoms with E-state index in [-0.39, 0.29) is 29.4 Å². The van der Waals surface area contributed by atoms with Crippen molar-refractivity contribution in [3.05, 3.63) is 98.5 Å². The van der Waals surface area contributed by atoms with Gasteiger partial charge in [-0.05, 0) is 64.7 Å². The van der Waals surface area contributed by atoms with Gasteiger partial charge in [-0.25, -0.2) is 0 Å². The maximum atomic E-state index is 13.3. The van der Waals surface area contributed by atoms with Gasteiger partial charge in [0.15, 0.2) is 11.5 Å². The predicted molar refractivity (Wildman–Crippen MR) is 133 cm³/mol. The van der Waals surface area contributed by atoms with Crippen molar-refractivity contribution in [1.82, 2.24) is 4.90 Å².